The average Bonchev–Trinajstić information content (AvgIpc) is 2.79. The Morgan fingerprint density at radius 2 is 1.23 bits per heavy atom. The van der Waals surface area contributed by atoms with E-state index in [1.807, 2.05) is 62.4 Å². The summed E-state index contributed by atoms with van der Waals surface area (Å²) in [5.74, 6) is -0.298. The van der Waals surface area contributed by atoms with E-state index in [2.05, 4.69) is 18.2 Å². The molecule has 4 heteroatoms. The summed E-state index contributed by atoms with van der Waals surface area (Å²) < 4.78 is 0. The minimum absolute atomic E-state index is 0.122. The lowest BCUT2D eigenvalue weighted by Gasteiger charge is -2.24. The molecule has 0 bridgehead atoms. The number of amides is 2. The third kappa shape index (κ3) is 4.13. The van der Waals surface area contributed by atoms with Crippen molar-refractivity contribution in [3.63, 3.8) is 0 Å². The van der Waals surface area contributed by atoms with Gasteiger partial charge in [0.25, 0.3) is 11.8 Å². The zero-order valence-corrected chi connectivity index (χ0v) is 18.1. The minimum atomic E-state index is -0.176. The summed E-state index contributed by atoms with van der Waals surface area (Å²) in [5.41, 5.74) is 4.70. The van der Waals surface area contributed by atoms with Crippen molar-refractivity contribution in [2.24, 2.45) is 0 Å². The molecule has 0 unspecified atom stereocenters. The quantitative estimate of drug-likeness (QED) is 0.570. The Morgan fingerprint density at radius 3 is 1.83 bits per heavy atom. The average molecular weight is 401 g/mol. The van der Waals surface area contributed by atoms with Gasteiger partial charge in [0, 0.05) is 27.2 Å². The summed E-state index contributed by atoms with van der Waals surface area (Å²) >= 11 is 0. The van der Waals surface area contributed by atoms with Gasteiger partial charge in [0.15, 0.2) is 0 Å². The van der Waals surface area contributed by atoms with Crippen molar-refractivity contribution >= 4 is 11.8 Å². The maximum Gasteiger partial charge on any atom is 0.255 e. The molecule has 0 radical (unpaired) electrons. The van der Waals surface area contributed by atoms with Crippen LogP contribution in [0.1, 0.15) is 34.6 Å². The van der Waals surface area contributed by atoms with Gasteiger partial charge in [-0.25, -0.2) is 0 Å². The van der Waals surface area contributed by atoms with Crippen molar-refractivity contribution < 1.29 is 9.59 Å². The molecule has 0 aliphatic heterocycles. The smallest absolute Gasteiger partial charge is 0.255 e. The highest BCUT2D eigenvalue weighted by Crippen LogP contribution is 2.35. The van der Waals surface area contributed by atoms with Gasteiger partial charge in [-0.2, -0.15) is 0 Å². The minimum Gasteiger partial charge on any atom is -0.345 e. The zero-order chi connectivity index (χ0) is 21.7. The molecular weight excluding hydrogens is 372 g/mol. The first kappa shape index (κ1) is 21.3. The van der Waals surface area contributed by atoms with Gasteiger partial charge >= 0.3 is 0 Å². The molecule has 154 valence electrons. The highest BCUT2D eigenvalue weighted by Gasteiger charge is 2.26. The van der Waals surface area contributed by atoms with E-state index in [1.54, 1.807) is 25.1 Å². The predicted octanol–water partition coefficient (Wildman–Crippen LogP) is 5.20. The second-order valence-corrected chi connectivity index (χ2v) is 7.32. The van der Waals surface area contributed by atoms with E-state index in [4.69, 9.17) is 0 Å². The lowest BCUT2D eigenvalue weighted by molar-refractivity contribution is 0.0754. The molecule has 4 nitrogen and oxygen atoms in total. The monoisotopic (exact) mass is 400 g/mol. The normalized spacial score (nSPS) is 10.5. The highest BCUT2D eigenvalue weighted by atomic mass is 16.2. The van der Waals surface area contributed by atoms with E-state index >= 15 is 0 Å². The summed E-state index contributed by atoms with van der Waals surface area (Å²) in [6.45, 7) is 5.07. The molecule has 0 aliphatic rings. The van der Waals surface area contributed by atoms with Gasteiger partial charge in [-0.3, -0.25) is 9.59 Å². The molecular formula is C26H28N2O2. The number of benzene rings is 3. The first-order valence-electron chi connectivity index (χ1n) is 10.3. The molecule has 0 fully saturated rings. The van der Waals surface area contributed by atoms with Gasteiger partial charge in [0.05, 0.1) is 11.1 Å². The summed E-state index contributed by atoms with van der Waals surface area (Å²) in [5, 5.41) is 0. The van der Waals surface area contributed by atoms with Crippen LogP contribution in [0.15, 0.2) is 72.8 Å². The van der Waals surface area contributed by atoms with Crippen molar-refractivity contribution in [3.05, 3.63) is 83.9 Å². The molecule has 3 rings (SSSR count). The van der Waals surface area contributed by atoms with Gasteiger partial charge in [0.2, 0.25) is 0 Å². The van der Waals surface area contributed by atoms with E-state index in [-0.39, 0.29) is 11.8 Å². The molecule has 0 saturated carbocycles. The molecule has 2 amide bonds. The Kier molecular flexibility index (Phi) is 6.68. The van der Waals surface area contributed by atoms with Crippen LogP contribution in [0.5, 0.6) is 0 Å². The third-order valence-corrected chi connectivity index (χ3v) is 5.27. The van der Waals surface area contributed by atoms with E-state index in [0.29, 0.717) is 24.2 Å². The number of carbonyl (C=O) groups is 2. The van der Waals surface area contributed by atoms with Crippen LogP contribution < -0.4 is 0 Å². The summed E-state index contributed by atoms with van der Waals surface area (Å²) in [6, 6.07) is 23.7. The Morgan fingerprint density at radius 1 is 0.667 bits per heavy atom. The maximum absolute atomic E-state index is 13.6. The van der Waals surface area contributed by atoms with E-state index in [0.717, 1.165) is 22.3 Å². The largest absolute Gasteiger partial charge is 0.345 e. The fraction of sp³-hybridized carbons (Fsp3) is 0.231. The summed E-state index contributed by atoms with van der Waals surface area (Å²) in [6.07, 6.45) is 0. The standard InChI is InChI=1S/C26H28N2O2/c1-5-28(6-2)26(30)24-22(17-12-18-23(24)25(29)27(3)4)21-16-11-10-15-20(21)19-13-8-7-9-14-19/h7-18H,5-6H2,1-4H3. The molecule has 0 spiro atoms. The molecule has 3 aromatic carbocycles. The van der Waals surface area contributed by atoms with Crippen LogP contribution in [0.3, 0.4) is 0 Å². The molecule has 0 saturated heterocycles. The van der Waals surface area contributed by atoms with E-state index in [1.165, 1.54) is 4.90 Å². The van der Waals surface area contributed by atoms with E-state index in [9.17, 15) is 9.59 Å². The third-order valence-electron chi connectivity index (χ3n) is 5.27. The molecule has 30 heavy (non-hydrogen) atoms. The highest BCUT2D eigenvalue weighted by molar-refractivity contribution is 6.12. The van der Waals surface area contributed by atoms with Crippen LogP contribution >= 0.6 is 0 Å². The molecule has 0 N–H and O–H groups in total. The van der Waals surface area contributed by atoms with Crippen LogP contribution in [0.2, 0.25) is 0 Å². The summed E-state index contributed by atoms with van der Waals surface area (Å²) in [4.78, 5) is 29.8. The van der Waals surface area contributed by atoms with Crippen molar-refractivity contribution in [1.29, 1.82) is 0 Å². The van der Waals surface area contributed by atoms with Gasteiger partial charge < -0.3 is 9.80 Å². The molecule has 3 aromatic rings. The van der Waals surface area contributed by atoms with E-state index < -0.39 is 0 Å². The number of carbonyl (C=O) groups excluding carboxylic acids is 2. The Hall–Kier alpha value is -3.40. The van der Waals surface area contributed by atoms with Crippen LogP contribution in [0, 0.1) is 0 Å². The molecule has 0 aliphatic carbocycles. The van der Waals surface area contributed by atoms with Crippen LogP contribution in [0.4, 0.5) is 0 Å². The molecule has 0 heterocycles. The molecule has 0 aromatic heterocycles. The second kappa shape index (κ2) is 9.40. The Bertz CT molecular complexity index is 1040. The SMILES string of the molecule is CCN(CC)C(=O)c1c(C(=O)N(C)C)cccc1-c1ccccc1-c1ccccc1. The topological polar surface area (TPSA) is 40.6 Å². The van der Waals surface area contributed by atoms with Gasteiger partial charge in [0.1, 0.15) is 0 Å². The fourth-order valence-electron chi connectivity index (χ4n) is 3.68. The number of hydrogen-bond acceptors (Lipinski definition) is 2. The predicted molar refractivity (Wildman–Crippen MR) is 123 cm³/mol. The number of hydrogen-bond donors (Lipinski definition) is 0. The van der Waals surface area contributed by atoms with Crippen molar-refractivity contribution in [2.45, 2.75) is 13.8 Å². The zero-order valence-electron chi connectivity index (χ0n) is 18.1. The number of nitrogens with zero attached hydrogens (tertiary/aromatic N) is 2. The van der Waals surface area contributed by atoms with Gasteiger partial charge in [-0.15, -0.1) is 0 Å². The number of rotatable bonds is 6. The summed E-state index contributed by atoms with van der Waals surface area (Å²) in [7, 11) is 3.41. The lowest BCUT2D eigenvalue weighted by atomic mass is 9.89. The van der Waals surface area contributed by atoms with Crippen molar-refractivity contribution in [2.75, 3.05) is 27.2 Å². The van der Waals surface area contributed by atoms with Gasteiger partial charge in [-0.05, 0) is 42.2 Å². The first-order valence-corrected chi connectivity index (χ1v) is 10.3. The maximum atomic E-state index is 13.6. The lowest BCUT2D eigenvalue weighted by Crippen LogP contribution is -2.33. The Balaban J connectivity index is 2.31. The first-order chi connectivity index (χ1) is 14.5. The van der Waals surface area contributed by atoms with Gasteiger partial charge in [-0.1, -0.05) is 66.7 Å². The second-order valence-electron chi connectivity index (χ2n) is 7.32. The van der Waals surface area contributed by atoms with Crippen LogP contribution in [-0.2, 0) is 0 Å². The van der Waals surface area contributed by atoms with Crippen LogP contribution in [0.25, 0.3) is 22.3 Å². The van der Waals surface area contributed by atoms with Crippen molar-refractivity contribution in [1.82, 2.24) is 9.80 Å². The Labute approximate surface area is 178 Å². The van der Waals surface area contributed by atoms with Crippen molar-refractivity contribution in [3.8, 4) is 22.3 Å². The fourth-order valence-corrected chi connectivity index (χ4v) is 3.68. The molecule has 0 atom stereocenters. The van der Waals surface area contributed by atoms with Crippen LogP contribution in [-0.4, -0.2) is 48.8 Å².